The lowest BCUT2D eigenvalue weighted by molar-refractivity contribution is -0.115. The number of thioether (sulfide) groups is 1. The molecule has 0 spiro atoms. The minimum absolute atomic E-state index is 0.124. The van der Waals surface area contributed by atoms with Crippen LogP contribution in [0.1, 0.15) is 6.92 Å². The van der Waals surface area contributed by atoms with Crippen LogP contribution in [0.2, 0.25) is 5.02 Å². The van der Waals surface area contributed by atoms with E-state index in [0.29, 0.717) is 22.2 Å². The fourth-order valence-electron chi connectivity index (χ4n) is 1.95. The van der Waals surface area contributed by atoms with E-state index < -0.39 is 0 Å². The molecule has 6 heteroatoms. The summed E-state index contributed by atoms with van der Waals surface area (Å²) < 4.78 is 10.4. The summed E-state index contributed by atoms with van der Waals surface area (Å²) in [6, 6.07) is 13.0. The summed E-state index contributed by atoms with van der Waals surface area (Å²) in [6.07, 6.45) is 0. The molecule has 0 aliphatic carbocycles. The van der Waals surface area contributed by atoms with Crippen molar-refractivity contribution in [1.29, 1.82) is 0 Å². The zero-order chi connectivity index (χ0) is 16.8. The summed E-state index contributed by atoms with van der Waals surface area (Å²) in [4.78, 5) is 13.4. The van der Waals surface area contributed by atoms with Crippen molar-refractivity contribution in [2.45, 2.75) is 17.1 Å². The molecule has 0 fully saturated rings. The van der Waals surface area contributed by atoms with Crippen molar-refractivity contribution in [3.05, 3.63) is 47.5 Å². The maximum atomic E-state index is 12.4. The standard InChI is InChI=1S/C17H18ClNO3S/c1-11(23-12-7-5-4-6-8-12)17(20)19-14-10-15(21-2)13(18)9-16(14)22-3/h4-11H,1-3H3,(H,19,20)/t11-/m1/s1. The number of hydrogen-bond acceptors (Lipinski definition) is 4. The lowest BCUT2D eigenvalue weighted by Gasteiger charge is -2.16. The number of rotatable bonds is 6. The molecular formula is C17H18ClNO3S. The Morgan fingerprint density at radius 1 is 1.13 bits per heavy atom. The first-order valence-corrected chi connectivity index (χ1v) is 8.25. The fraction of sp³-hybridized carbons (Fsp3) is 0.235. The maximum Gasteiger partial charge on any atom is 0.237 e. The third kappa shape index (κ3) is 4.56. The van der Waals surface area contributed by atoms with Crippen LogP contribution < -0.4 is 14.8 Å². The molecule has 0 bridgehead atoms. The second-order valence-corrected chi connectivity index (χ2v) is 6.57. The number of methoxy groups -OCH3 is 2. The van der Waals surface area contributed by atoms with E-state index in [9.17, 15) is 4.79 Å². The van der Waals surface area contributed by atoms with Crippen LogP contribution in [0.25, 0.3) is 0 Å². The molecule has 0 radical (unpaired) electrons. The number of ether oxygens (including phenoxy) is 2. The third-order valence-electron chi connectivity index (χ3n) is 3.16. The van der Waals surface area contributed by atoms with Crippen molar-refractivity contribution in [3.63, 3.8) is 0 Å². The summed E-state index contributed by atoms with van der Waals surface area (Å²) in [6.45, 7) is 1.85. The summed E-state index contributed by atoms with van der Waals surface area (Å²) in [7, 11) is 3.04. The van der Waals surface area contributed by atoms with Gasteiger partial charge in [0.05, 0.1) is 30.2 Å². The van der Waals surface area contributed by atoms with Crippen LogP contribution in [0.3, 0.4) is 0 Å². The van der Waals surface area contributed by atoms with Crippen molar-refractivity contribution in [2.24, 2.45) is 0 Å². The predicted octanol–water partition coefficient (Wildman–Crippen LogP) is 4.48. The molecule has 0 saturated carbocycles. The Morgan fingerprint density at radius 3 is 2.39 bits per heavy atom. The summed E-state index contributed by atoms with van der Waals surface area (Å²) in [5.41, 5.74) is 0.527. The van der Waals surface area contributed by atoms with Crippen LogP contribution in [0, 0.1) is 0 Å². The van der Waals surface area contributed by atoms with Gasteiger partial charge in [-0.2, -0.15) is 0 Å². The number of carbonyl (C=O) groups excluding carboxylic acids is 1. The molecule has 23 heavy (non-hydrogen) atoms. The molecule has 1 N–H and O–H groups in total. The monoisotopic (exact) mass is 351 g/mol. The molecule has 2 aromatic rings. The van der Waals surface area contributed by atoms with Crippen molar-refractivity contribution < 1.29 is 14.3 Å². The first-order chi connectivity index (χ1) is 11.0. The van der Waals surface area contributed by atoms with Crippen molar-refractivity contribution in [2.75, 3.05) is 19.5 Å². The number of hydrogen-bond donors (Lipinski definition) is 1. The zero-order valence-electron chi connectivity index (χ0n) is 13.1. The number of benzene rings is 2. The normalized spacial score (nSPS) is 11.7. The molecule has 2 rings (SSSR count). The summed E-state index contributed by atoms with van der Waals surface area (Å²) >= 11 is 7.55. The van der Waals surface area contributed by atoms with Crippen LogP contribution in [-0.2, 0) is 4.79 Å². The van der Waals surface area contributed by atoms with Gasteiger partial charge in [-0.25, -0.2) is 0 Å². The molecule has 1 amide bonds. The highest BCUT2D eigenvalue weighted by Crippen LogP contribution is 2.36. The van der Waals surface area contributed by atoms with Gasteiger partial charge in [0.1, 0.15) is 11.5 Å². The van der Waals surface area contributed by atoms with E-state index in [1.165, 1.54) is 26.0 Å². The molecule has 2 aromatic carbocycles. The van der Waals surface area contributed by atoms with Gasteiger partial charge in [-0.3, -0.25) is 4.79 Å². The lowest BCUT2D eigenvalue weighted by atomic mass is 10.2. The van der Waals surface area contributed by atoms with Crippen LogP contribution >= 0.6 is 23.4 Å². The number of halogens is 1. The van der Waals surface area contributed by atoms with Crippen molar-refractivity contribution in [1.82, 2.24) is 0 Å². The van der Waals surface area contributed by atoms with E-state index >= 15 is 0 Å². The van der Waals surface area contributed by atoms with E-state index in [4.69, 9.17) is 21.1 Å². The van der Waals surface area contributed by atoms with E-state index in [2.05, 4.69) is 5.32 Å². The Labute approximate surface area is 145 Å². The predicted molar refractivity (Wildman–Crippen MR) is 94.9 cm³/mol. The zero-order valence-corrected chi connectivity index (χ0v) is 14.7. The largest absolute Gasteiger partial charge is 0.495 e. The molecule has 1 atom stereocenters. The average Bonchev–Trinajstić information content (AvgIpc) is 2.56. The van der Waals surface area contributed by atoms with Gasteiger partial charge in [0.25, 0.3) is 0 Å². The topological polar surface area (TPSA) is 47.6 Å². The highest BCUT2D eigenvalue weighted by Gasteiger charge is 2.18. The fourth-order valence-corrected chi connectivity index (χ4v) is 3.07. The van der Waals surface area contributed by atoms with Crippen molar-refractivity contribution in [3.8, 4) is 11.5 Å². The Balaban J connectivity index is 2.13. The van der Waals surface area contributed by atoms with Crippen LogP contribution in [0.4, 0.5) is 5.69 Å². The van der Waals surface area contributed by atoms with Crippen LogP contribution in [0.5, 0.6) is 11.5 Å². The molecule has 0 saturated heterocycles. The molecule has 122 valence electrons. The second-order valence-electron chi connectivity index (χ2n) is 4.75. The van der Waals surface area contributed by atoms with Crippen LogP contribution in [0.15, 0.2) is 47.4 Å². The van der Waals surface area contributed by atoms with E-state index in [-0.39, 0.29) is 11.2 Å². The van der Waals surface area contributed by atoms with Gasteiger partial charge in [0.2, 0.25) is 5.91 Å². The highest BCUT2D eigenvalue weighted by atomic mass is 35.5. The van der Waals surface area contributed by atoms with Gasteiger partial charge < -0.3 is 14.8 Å². The van der Waals surface area contributed by atoms with Crippen molar-refractivity contribution >= 4 is 35.0 Å². The number of anilines is 1. The Morgan fingerprint density at radius 2 is 1.78 bits per heavy atom. The Bertz CT molecular complexity index is 679. The molecule has 0 unspecified atom stereocenters. The average molecular weight is 352 g/mol. The van der Waals surface area contributed by atoms with E-state index in [1.807, 2.05) is 37.3 Å². The third-order valence-corrected chi connectivity index (χ3v) is 4.56. The van der Waals surface area contributed by atoms with Crippen LogP contribution in [-0.4, -0.2) is 25.4 Å². The Hall–Kier alpha value is -1.85. The number of nitrogens with one attached hydrogen (secondary N) is 1. The molecule has 0 heterocycles. The van der Waals surface area contributed by atoms with Gasteiger partial charge in [-0.15, -0.1) is 11.8 Å². The quantitative estimate of drug-likeness (QED) is 0.780. The lowest BCUT2D eigenvalue weighted by Crippen LogP contribution is -2.22. The minimum atomic E-state index is -0.260. The van der Waals surface area contributed by atoms with E-state index in [0.717, 1.165) is 4.90 Å². The Kier molecular flexibility index (Phi) is 6.19. The molecule has 0 aliphatic heterocycles. The van der Waals surface area contributed by atoms with Gasteiger partial charge >= 0.3 is 0 Å². The molecular weight excluding hydrogens is 334 g/mol. The first kappa shape index (κ1) is 17.5. The molecule has 4 nitrogen and oxygen atoms in total. The first-order valence-electron chi connectivity index (χ1n) is 6.99. The molecule has 0 aliphatic rings. The van der Waals surface area contributed by atoms with Gasteiger partial charge in [0, 0.05) is 17.0 Å². The summed E-state index contributed by atoms with van der Waals surface area (Å²) in [5, 5.41) is 3.02. The smallest absolute Gasteiger partial charge is 0.237 e. The van der Waals surface area contributed by atoms with E-state index in [1.54, 1.807) is 12.1 Å². The van der Waals surface area contributed by atoms with Gasteiger partial charge in [-0.1, -0.05) is 29.8 Å². The number of amides is 1. The molecule has 0 aromatic heterocycles. The number of carbonyl (C=O) groups is 1. The van der Waals surface area contributed by atoms with Gasteiger partial charge in [-0.05, 0) is 19.1 Å². The maximum absolute atomic E-state index is 12.4. The summed E-state index contributed by atoms with van der Waals surface area (Å²) in [5.74, 6) is 0.841. The minimum Gasteiger partial charge on any atom is -0.495 e. The second kappa shape index (κ2) is 8.13. The highest BCUT2D eigenvalue weighted by molar-refractivity contribution is 8.00. The van der Waals surface area contributed by atoms with Gasteiger partial charge in [0.15, 0.2) is 0 Å². The SMILES string of the molecule is COc1cc(NC(=O)[C@@H](C)Sc2ccccc2)c(OC)cc1Cl.